The molecule has 0 radical (unpaired) electrons. The zero-order valence-electron chi connectivity index (χ0n) is 13.8. The van der Waals surface area contributed by atoms with E-state index in [1.54, 1.807) is 6.20 Å². The first-order chi connectivity index (χ1) is 11.9. The van der Waals surface area contributed by atoms with Gasteiger partial charge in [-0.3, -0.25) is 9.88 Å². The molecule has 2 aliphatic heterocycles. The van der Waals surface area contributed by atoms with Gasteiger partial charge in [0.05, 0.1) is 25.4 Å². The van der Waals surface area contributed by atoms with Crippen LogP contribution in [0.25, 0.3) is 0 Å². The minimum Gasteiger partial charge on any atom is -0.374 e. The van der Waals surface area contributed by atoms with Crippen LogP contribution in [-0.2, 0) is 22.6 Å². The highest BCUT2D eigenvalue weighted by Crippen LogP contribution is 2.33. The van der Waals surface area contributed by atoms with Gasteiger partial charge in [0.15, 0.2) is 0 Å². The summed E-state index contributed by atoms with van der Waals surface area (Å²) >= 11 is 1.85. The Morgan fingerprint density at radius 2 is 2.25 bits per heavy atom. The highest BCUT2D eigenvalue weighted by Gasteiger charge is 2.39. The summed E-state index contributed by atoms with van der Waals surface area (Å²) in [5, 5.41) is 2.16. The molecule has 2 saturated heterocycles. The van der Waals surface area contributed by atoms with E-state index in [2.05, 4.69) is 27.4 Å². The van der Waals surface area contributed by atoms with Crippen LogP contribution in [0.4, 0.5) is 0 Å². The van der Waals surface area contributed by atoms with Gasteiger partial charge in [0.2, 0.25) is 0 Å². The second kappa shape index (κ2) is 7.74. The molecule has 0 N–H and O–H groups in total. The van der Waals surface area contributed by atoms with Gasteiger partial charge in [0.25, 0.3) is 0 Å². The zero-order chi connectivity index (χ0) is 16.2. The molecule has 2 aromatic heterocycles. The van der Waals surface area contributed by atoms with Gasteiger partial charge in [0.1, 0.15) is 0 Å². The Labute approximate surface area is 147 Å². The molecule has 0 aliphatic carbocycles. The smallest absolute Gasteiger partial charge is 0.0813 e. The summed E-state index contributed by atoms with van der Waals surface area (Å²) in [7, 11) is 0. The number of ether oxygens (including phenoxy) is 2. The molecule has 3 atom stereocenters. The molecule has 0 aromatic carbocycles. The quantitative estimate of drug-likeness (QED) is 0.803. The number of rotatable bonds is 6. The van der Waals surface area contributed by atoms with Crippen LogP contribution in [-0.4, -0.2) is 41.3 Å². The molecule has 4 rings (SSSR count). The summed E-state index contributed by atoms with van der Waals surface area (Å²) in [6.07, 6.45) is 7.73. The number of hydrogen-bond donors (Lipinski definition) is 0. The van der Waals surface area contributed by atoms with Gasteiger partial charge >= 0.3 is 0 Å². The Bertz CT molecular complexity index is 620. The van der Waals surface area contributed by atoms with E-state index in [4.69, 9.17) is 9.47 Å². The molecule has 0 amide bonds. The third kappa shape index (κ3) is 3.86. The predicted octanol–water partition coefficient (Wildman–Crippen LogP) is 3.48. The number of nitrogens with zero attached hydrogens (tertiary/aromatic N) is 2. The lowest BCUT2D eigenvalue weighted by Crippen LogP contribution is -2.43. The third-order valence-electron chi connectivity index (χ3n) is 4.98. The summed E-state index contributed by atoms with van der Waals surface area (Å²) in [5.74, 6) is 0. The Morgan fingerprint density at radius 3 is 3.08 bits per heavy atom. The molecule has 2 aromatic rings. The molecule has 0 saturated carbocycles. The van der Waals surface area contributed by atoms with Crippen molar-refractivity contribution in [2.24, 2.45) is 0 Å². The normalized spacial score (nSPS) is 27.2. The van der Waals surface area contributed by atoms with Crippen LogP contribution in [0.15, 0.2) is 42.0 Å². The second-order valence-corrected chi connectivity index (χ2v) is 7.69. The van der Waals surface area contributed by atoms with E-state index in [0.717, 1.165) is 31.5 Å². The summed E-state index contributed by atoms with van der Waals surface area (Å²) in [6, 6.07) is 8.95. The van der Waals surface area contributed by atoms with Gasteiger partial charge in [-0.05, 0) is 42.3 Å². The number of thiophene rings is 1. The van der Waals surface area contributed by atoms with E-state index in [0.29, 0.717) is 25.4 Å². The fraction of sp³-hybridized carbons (Fsp3) is 0.526. The molecule has 4 heterocycles. The van der Waals surface area contributed by atoms with Crippen molar-refractivity contribution in [3.05, 3.63) is 52.5 Å². The molecular formula is C19H24N2O2S. The van der Waals surface area contributed by atoms with Crippen LogP contribution in [0, 0.1) is 0 Å². The molecule has 2 fully saturated rings. The van der Waals surface area contributed by atoms with Crippen molar-refractivity contribution in [1.82, 2.24) is 9.88 Å². The highest BCUT2D eigenvalue weighted by molar-refractivity contribution is 7.09. The maximum atomic E-state index is 6.32. The van der Waals surface area contributed by atoms with E-state index < -0.39 is 0 Å². The van der Waals surface area contributed by atoms with Crippen molar-refractivity contribution in [3.8, 4) is 0 Å². The molecule has 0 bridgehead atoms. The number of likely N-dealkylation sites (tertiary alicyclic amines) is 1. The van der Waals surface area contributed by atoms with Crippen LogP contribution in [0.1, 0.15) is 29.7 Å². The SMILES string of the molecule is c1cncc(COC[C@H]2CC[C@H]3[C@H](CCN3Cc3cccs3)O2)c1. The first kappa shape index (κ1) is 16.2. The Kier molecular flexibility index (Phi) is 5.23. The summed E-state index contributed by atoms with van der Waals surface area (Å²) in [4.78, 5) is 8.17. The molecule has 0 unspecified atom stereocenters. The van der Waals surface area contributed by atoms with Crippen LogP contribution >= 0.6 is 11.3 Å². The Balaban J connectivity index is 1.23. The molecule has 0 spiro atoms. The second-order valence-electron chi connectivity index (χ2n) is 6.66. The van der Waals surface area contributed by atoms with E-state index >= 15 is 0 Å². The fourth-order valence-corrected chi connectivity index (χ4v) is 4.53. The lowest BCUT2D eigenvalue weighted by molar-refractivity contribution is -0.102. The van der Waals surface area contributed by atoms with Gasteiger partial charge < -0.3 is 9.47 Å². The molecule has 128 valence electrons. The number of pyridine rings is 1. The van der Waals surface area contributed by atoms with Crippen molar-refractivity contribution in [3.63, 3.8) is 0 Å². The molecule has 24 heavy (non-hydrogen) atoms. The predicted molar refractivity (Wildman–Crippen MR) is 94.9 cm³/mol. The lowest BCUT2D eigenvalue weighted by atomic mass is 9.99. The monoisotopic (exact) mass is 344 g/mol. The topological polar surface area (TPSA) is 34.6 Å². The minimum atomic E-state index is 0.240. The van der Waals surface area contributed by atoms with E-state index in [1.807, 2.05) is 29.7 Å². The van der Waals surface area contributed by atoms with Crippen LogP contribution in [0.3, 0.4) is 0 Å². The fourth-order valence-electron chi connectivity index (χ4n) is 3.80. The van der Waals surface area contributed by atoms with E-state index in [-0.39, 0.29) is 6.10 Å². The first-order valence-electron chi connectivity index (χ1n) is 8.77. The molecule has 4 nitrogen and oxygen atoms in total. The number of hydrogen-bond acceptors (Lipinski definition) is 5. The first-order valence-corrected chi connectivity index (χ1v) is 9.65. The van der Waals surface area contributed by atoms with Crippen LogP contribution < -0.4 is 0 Å². The standard InChI is InChI=1S/C19H24N2O2S/c1-3-15(11-20-8-1)13-22-14-16-5-6-18-19(23-16)7-9-21(18)12-17-4-2-10-24-17/h1-4,8,10-11,16,18-19H,5-7,9,12-14H2/t16-,18+,19+/m1/s1. The van der Waals surface area contributed by atoms with Gasteiger partial charge in [0, 0.05) is 36.4 Å². The molecule has 2 aliphatic rings. The summed E-state index contributed by atoms with van der Waals surface area (Å²) in [5.41, 5.74) is 1.12. The van der Waals surface area contributed by atoms with Crippen molar-refractivity contribution in [1.29, 1.82) is 0 Å². The van der Waals surface area contributed by atoms with Crippen LogP contribution in [0.5, 0.6) is 0 Å². The maximum Gasteiger partial charge on any atom is 0.0813 e. The minimum absolute atomic E-state index is 0.240. The summed E-state index contributed by atoms with van der Waals surface area (Å²) < 4.78 is 12.2. The average Bonchev–Trinajstić information content (AvgIpc) is 3.26. The van der Waals surface area contributed by atoms with Crippen molar-refractivity contribution in [2.45, 2.75) is 50.7 Å². The third-order valence-corrected chi connectivity index (χ3v) is 5.85. The van der Waals surface area contributed by atoms with Gasteiger partial charge in [-0.25, -0.2) is 0 Å². The Hall–Kier alpha value is -1.27. The largest absolute Gasteiger partial charge is 0.374 e. The Morgan fingerprint density at radius 1 is 1.25 bits per heavy atom. The van der Waals surface area contributed by atoms with E-state index in [9.17, 15) is 0 Å². The van der Waals surface area contributed by atoms with E-state index in [1.165, 1.54) is 11.3 Å². The molecular weight excluding hydrogens is 320 g/mol. The summed E-state index contributed by atoms with van der Waals surface area (Å²) in [6.45, 7) is 3.52. The van der Waals surface area contributed by atoms with Crippen molar-refractivity contribution < 1.29 is 9.47 Å². The lowest BCUT2D eigenvalue weighted by Gasteiger charge is -2.35. The van der Waals surface area contributed by atoms with Gasteiger partial charge in [-0.1, -0.05) is 12.1 Å². The van der Waals surface area contributed by atoms with Gasteiger partial charge in [-0.2, -0.15) is 0 Å². The average molecular weight is 344 g/mol. The van der Waals surface area contributed by atoms with Crippen LogP contribution in [0.2, 0.25) is 0 Å². The maximum absolute atomic E-state index is 6.32. The van der Waals surface area contributed by atoms with Crippen molar-refractivity contribution in [2.75, 3.05) is 13.2 Å². The zero-order valence-corrected chi connectivity index (χ0v) is 14.7. The number of fused-ring (bicyclic) bond motifs is 1. The number of aromatic nitrogens is 1. The highest BCUT2D eigenvalue weighted by atomic mass is 32.1. The molecule has 5 heteroatoms. The van der Waals surface area contributed by atoms with Gasteiger partial charge in [-0.15, -0.1) is 11.3 Å². The van der Waals surface area contributed by atoms with Crippen molar-refractivity contribution >= 4 is 11.3 Å².